The minimum atomic E-state index is 0.416. The highest BCUT2D eigenvalue weighted by Crippen LogP contribution is 2.27. The maximum absolute atomic E-state index is 5.31. The molecule has 1 fully saturated rings. The summed E-state index contributed by atoms with van der Waals surface area (Å²) < 4.78 is 5.31. The quantitative estimate of drug-likeness (QED) is 0.806. The summed E-state index contributed by atoms with van der Waals surface area (Å²) >= 11 is 0. The van der Waals surface area contributed by atoms with Gasteiger partial charge in [-0.1, -0.05) is 18.2 Å². The van der Waals surface area contributed by atoms with E-state index in [2.05, 4.69) is 35.0 Å². The predicted molar refractivity (Wildman–Crippen MR) is 75.0 cm³/mol. The van der Waals surface area contributed by atoms with Gasteiger partial charge in [-0.25, -0.2) is 0 Å². The van der Waals surface area contributed by atoms with E-state index in [1.807, 2.05) is 12.1 Å². The Morgan fingerprint density at radius 1 is 1.44 bits per heavy atom. The topological polar surface area (TPSA) is 24.5 Å². The summed E-state index contributed by atoms with van der Waals surface area (Å²) in [5, 5.41) is 3.39. The fourth-order valence-electron chi connectivity index (χ4n) is 2.50. The van der Waals surface area contributed by atoms with E-state index >= 15 is 0 Å². The van der Waals surface area contributed by atoms with E-state index in [9.17, 15) is 0 Å². The van der Waals surface area contributed by atoms with E-state index in [1.165, 1.54) is 5.56 Å². The molecule has 1 aromatic carbocycles. The molecule has 1 aliphatic rings. The Bertz CT molecular complexity index is 386. The molecule has 0 unspecified atom stereocenters. The van der Waals surface area contributed by atoms with Gasteiger partial charge in [-0.3, -0.25) is 4.90 Å². The molecule has 1 heterocycles. The summed E-state index contributed by atoms with van der Waals surface area (Å²) in [5.41, 5.74) is 1.32. The first-order valence-electron chi connectivity index (χ1n) is 6.54. The van der Waals surface area contributed by atoms with Crippen LogP contribution in [0, 0.1) is 0 Å². The zero-order chi connectivity index (χ0) is 12.8. The van der Waals surface area contributed by atoms with E-state index < -0.39 is 0 Å². The molecule has 1 saturated heterocycles. The van der Waals surface area contributed by atoms with Crippen LogP contribution in [0.2, 0.25) is 0 Å². The van der Waals surface area contributed by atoms with Gasteiger partial charge < -0.3 is 10.1 Å². The van der Waals surface area contributed by atoms with Crippen LogP contribution in [0.4, 0.5) is 0 Å². The molecule has 0 aliphatic carbocycles. The average molecular weight is 246 g/mol. The Labute approximate surface area is 109 Å². The van der Waals surface area contributed by atoms with Crippen LogP contribution in [0.5, 0.6) is 5.75 Å². The van der Waals surface area contributed by atoms with Crippen LogP contribution in [0.3, 0.4) is 0 Å². The molecule has 1 aliphatic heterocycles. The third kappa shape index (κ3) is 3.12. The molecule has 0 aromatic heterocycles. The first kappa shape index (κ1) is 13.1. The van der Waals surface area contributed by atoms with Crippen molar-refractivity contribution >= 4 is 0 Å². The Kier molecular flexibility index (Phi) is 4.79. The van der Waals surface area contributed by atoms with Crippen molar-refractivity contribution in [1.82, 2.24) is 10.2 Å². The molecule has 0 bridgehead atoms. The number of nitrogens with one attached hydrogen (secondary N) is 1. The van der Waals surface area contributed by atoms with Crippen LogP contribution < -0.4 is 10.1 Å². The van der Waals surface area contributed by atoms with Crippen molar-refractivity contribution in [3.8, 4) is 5.75 Å². The van der Waals surface area contributed by atoms with Crippen molar-refractivity contribution in [3.63, 3.8) is 0 Å². The lowest BCUT2D eigenvalue weighted by atomic mass is 10.0. The van der Waals surface area contributed by atoms with E-state index in [0.717, 1.165) is 38.3 Å². The van der Waals surface area contributed by atoms with Gasteiger partial charge in [0.15, 0.2) is 0 Å². The molecule has 18 heavy (non-hydrogen) atoms. The number of ether oxygens (including phenoxy) is 1. The van der Waals surface area contributed by atoms with E-state index in [0.29, 0.717) is 6.04 Å². The number of nitrogens with zero attached hydrogens (tertiary/aromatic N) is 1. The second-order valence-corrected chi connectivity index (χ2v) is 4.60. The maximum atomic E-state index is 5.31. The van der Waals surface area contributed by atoms with Crippen LogP contribution in [-0.2, 0) is 0 Å². The minimum Gasteiger partial charge on any atom is -0.497 e. The van der Waals surface area contributed by atoms with Gasteiger partial charge >= 0.3 is 0 Å². The van der Waals surface area contributed by atoms with E-state index in [1.54, 1.807) is 7.11 Å². The summed E-state index contributed by atoms with van der Waals surface area (Å²) in [5.74, 6) is 0.927. The average Bonchev–Trinajstić information content (AvgIpc) is 2.46. The largest absolute Gasteiger partial charge is 0.497 e. The van der Waals surface area contributed by atoms with Gasteiger partial charge in [-0.05, 0) is 24.1 Å². The van der Waals surface area contributed by atoms with Gasteiger partial charge in [0.2, 0.25) is 0 Å². The molecule has 1 aromatic rings. The van der Waals surface area contributed by atoms with Crippen LogP contribution >= 0.6 is 0 Å². The van der Waals surface area contributed by atoms with Gasteiger partial charge in [0.25, 0.3) is 0 Å². The number of hydrogen-bond donors (Lipinski definition) is 1. The molecule has 0 radical (unpaired) electrons. The van der Waals surface area contributed by atoms with Gasteiger partial charge in [0.05, 0.1) is 7.11 Å². The number of benzene rings is 1. The van der Waals surface area contributed by atoms with Crippen molar-refractivity contribution in [3.05, 3.63) is 42.5 Å². The second-order valence-electron chi connectivity index (χ2n) is 4.60. The molecule has 1 atom stereocenters. The van der Waals surface area contributed by atoms with Crippen LogP contribution in [0.25, 0.3) is 0 Å². The lowest BCUT2D eigenvalue weighted by Crippen LogP contribution is -2.45. The minimum absolute atomic E-state index is 0.416. The molecule has 1 N–H and O–H groups in total. The summed E-state index contributed by atoms with van der Waals surface area (Å²) in [6.07, 6.45) is 2.99. The third-order valence-corrected chi connectivity index (χ3v) is 3.46. The summed E-state index contributed by atoms with van der Waals surface area (Å²) in [6.45, 7) is 8.21. The normalized spacial score (nSPS) is 18.3. The second kappa shape index (κ2) is 6.57. The first-order chi connectivity index (χ1) is 8.85. The van der Waals surface area contributed by atoms with E-state index in [4.69, 9.17) is 4.74 Å². The Morgan fingerprint density at radius 2 is 2.22 bits per heavy atom. The highest BCUT2D eigenvalue weighted by molar-refractivity contribution is 5.31. The highest BCUT2D eigenvalue weighted by atomic mass is 16.5. The van der Waals surface area contributed by atoms with Gasteiger partial charge in [0.1, 0.15) is 5.75 Å². The zero-order valence-electron chi connectivity index (χ0n) is 11.1. The maximum Gasteiger partial charge on any atom is 0.119 e. The number of hydrogen-bond acceptors (Lipinski definition) is 3. The molecule has 2 rings (SSSR count). The molecule has 3 heteroatoms. The van der Waals surface area contributed by atoms with Crippen LogP contribution in [-0.4, -0.2) is 38.2 Å². The molecule has 3 nitrogen and oxygen atoms in total. The third-order valence-electron chi connectivity index (χ3n) is 3.46. The van der Waals surface area contributed by atoms with Crippen molar-refractivity contribution < 1.29 is 4.74 Å². The molecule has 0 amide bonds. The lowest BCUT2D eigenvalue weighted by Gasteiger charge is -2.34. The predicted octanol–water partition coefficient (Wildman–Crippen LogP) is 2.22. The highest BCUT2D eigenvalue weighted by Gasteiger charge is 2.21. The number of rotatable bonds is 5. The van der Waals surface area contributed by atoms with Gasteiger partial charge in [-0.15, -0.1) is 6.58 Å². The Hall–Kier alpha value is -1.32. The van der Waals surface area contributed by atoms with Crippen molar-refractivity contribution in [1.29, 1.82) is 0 Å². The first-order valence-corrected chi connectivity index (χ1v) is 6.54. The number of methoxy groups -OCH3 is 1. The number of piperazine rings is 1. The van der Waals surface area contributed by atoms with Crippen molar-refractivity contribution in [2.24, 2.45) is 0 Å². The summed E-state index contributed by atoms with van der Waals surface area (Å²) in [6, 6.07) is 8.79. The van der Waals surface area contributed by atoms with Crippen molar-refractivity contribution in [2.75, 3.05) is 33.3 Å². The lowest BCUT2D eigenvalue weighted by molar-refractivity contribution is 0.174. The smallest absolute Gasteiger partial charge is 0.119 e. The van der Waals surface area contributed by atoms with Crippen LogP contribution in [0.1, 0.15) is 18.0 Å². The Balaban J connectivity index is 2.19. The monoisotopic (exact) mass is 246 g/mol. The van der Waals surface area contributed by atoms with E-state index in [-0.39, 0.29) is 0 Å². The molecule has 98 valence electrons. The zero-order valence-corrected chi connectivity index (χ0v) is 11.1. The Morgan fingerprint density at radius 3 is 2.89 bits per heavy atom. The van der Waals surface area contributed by atoms with Gasteiger partial charge in [-0.2, -0.15) is 0 Å². The molecule has 0 spiro atoms. The standard InChI is InChI=1S/C15H22N2O/c1-3-5-15(17-10-8-16-9-11-17)13-6-4-7-14(12-13)18-2/h3-4,6-7,12,15-16H,1,5,8-11H2,2H3/t15-/m1/s1. The molecular weight excluding hydrogens is 224 g/mol. The fraction of sp³-hybridized carbons (Fsp3) is 0.467. The van der Waals surface area contributed by atoms with Gasteiger partial charge in [0, 0.05) is 32.2 Å². The fourth-order valence-corrected chi connectivity index (χ4v) is 2.50. The summed E-state index contributed by atoms with van der Waals surface area (Å²) in [4.78, 5) is 2.52. The van der Waals surface area contributed by atoms with Crippen LogP contribution in [0.15, 0.2) is 36.9 Å². The SMILES string of the molecule is C=CC[C@H](c1cccc(OC)c1)N1CCNCC1. The molecular formula is C15H22N2O. The molecule has 0 saturated carbocycles. The van der Waals surface area contributed by atoms with Crippen molar-refractivity contribution in [2.45, 2.75) is 12.5 Å². The summed E-state index contributed by atoms with van der Waals surface area (Å²) in [7, 11) is 1.71.